The minimum Gasteiger partial charge on any atom is -0.497 e. The number of phosphoric ester groups is 1. The summed E-state index contributed by atoms with van der Waals surface area (Å²) in [6, 6.07) is 10.9. The topological polar surface area (TPSA) is 74.2 Å². The van der Waals surface area contributed by atoms with E-state index in [1.165, 1.54) is 69.5 Å². The SMILES string of the molecule is CCOP(=O)(OCC)OC(c1ccc(Cl)cc1)C(F)(F)C(O)c1ccc(OC)cc1. The number of hydrogen-bond donors (Lipinski definition) is 1. The Morgan fingerprint density at radius 2 is 1.50 bits per heavy atom. The highest BCUT2D eigenvalue weighted by Gasteiger charge is 2.52. The molecular weight excluding hydrogens is 441 g/mol. The lowest BCUT2D eigenvalue weighted by Gasteiger charge is -2.32. The molecule has 166 valence electrons. The molecule has 2 atom stereocenters. The second-order valence-electron chi connectivity index (χ2n) is 6.17. The van der Waals surface area contributed by atoms with Crippen molar-refractivity contribution >= 4 is 19.4 Å². The molecule has 1 N–H and O–H groups in total. The van der Waals surface area contributed by atoms with Crippen LogP contribution < -0.4 is 4.74 Å². The number of aliphatic hydroxyl groups excluding tert-OH is 1. The summed E-state index contributed by atoms with van der Waals surface area (Å²) in [4.78, 5) is 0. The van der Waals surface area contributed by atoms with Crippen LogP contribution in [-0.2, 0) is 18.1 Å². The van der Waals surface area contributed by atoms with E-state index in [-0.39, 0.29) is 24.3 Å². The van der Waals surface area contributed by atoms with E-state index in [4.69, 9.17) is 29.9 Å². The predicted octanol–water partition coefficient (Wildman–Crippen LogP) is 5.96. The number of rotatable bonds is 11. The Bertz CT molecular complexity index is 837. The first-order valence-corrected chi connectivity index (χ1v) is 11.0. The number of methoxy groups -OCH3 is 1. The number of hydrogen-bond acceptors (Lipinski definition) is 6. The van der Waals surface area contributed by atoms with Gasteiger partial charge in [0.15, 0.2) is 6.10 Å². The highest BCUT2D eigenvalue weighted by molar-refractivity contribution is 7.48. The van der Waals surface area contributed by atoms with Crippen molar-refractivity contribution in [3.8, 4) is 5.75 Å². The van der Waals surface area contributed by atoms with Gasteiger partial charge in [-0.2, -0.15) is 0 Å². The molecule has 0 aliphatic heterocycles. The zero-order valence-electron chi connectivity index (χ0n) is 16.8. The van der Waals surface area contributed by atoms with Gasteiger partial charge in [-0.05, 0) is 49.2 Å². The van der Waals surface area contributed by atoms with Gasteiger partial charge in [-0.1, -0.05) is 35.9 Å². The maximum Gasteiger partial charge on any atom is 0.475 e. The average Bonchev–Trinajstić information content (AvgIpc) is 2.72. The standard InChI is InChI=1S/C20H24ClF2O6P/c1-4-27-30(25,28-5-2)29-19(15-6-10-16(21)11-7-15)20(22,23)18(24)14-8-12-17(26-3)13-9-14/h6-13,18-19,24H,4-5H2,1-3H3. The summed E-state index contributed by atoms with van der Waals surface area (Å²) < 4.78 is 64.0. The van der Waals surface area contributed by atoms with Crippen LogP contribution in [0.15, 0.2) is 48.5 Å². The van der Waals surface area contributed by atoms with Gasteiger partial charge in [0.1, 0.15) is 11.9 Å². The van der Waals surface area contributed by atoms with Crippen molar-refractivity contribution in [1.29, 1.82) is 0 Å². The third-order valence-electron chi connectivity index (χ3n) is 4.13. The first-order chi connectivity index (χ1) is 14.2. The second-order valence-corrected chi connectivity index (χ2v) is 8.23. The Balaban J connectivity index is 2.47. The summed E-state index contributed by atoms with van der Waals surface area (Å²) in [5.41, 5.74) is -0.136. The van der Waals surface area contributed by atoms with Crippen LogP contribution in [0, 0.1) is 0 Å². The van der Waals surface area contributed by atoms with Crippen molar-refractivity contribution in [2.45, 2.75) is 32.0 Å². The van der Waals surface area contributed by atoms with Crippen molar-refractivity contribution in [2.24, 2.45) is 0 Å². The van der Waals surface area contributed by atoms with Crippen molar-refractivity contribution in [3.63, 3.8) is 0 Å². The summed E-state index contributed by atoms with van der Waals surface area (Å²) >= 11 is 5.86. The van der Waals surface area contributed by atoms with Crippen molar-refractivity contribution in [2.75, 3.05) is 20.3 Å². The first-order valence-electron chi connectivity index (χ1n) is 9.19. The number of alkyl halides is 2. The van der Waals surface area contributed by atoms with E-state index in [0.717, 1.165) is 0 Å². The highest BCUT2D eigenvalue weighted by atomic mass is 35.5. The Labute approximate surface area is 179 Å². The smallest absolute Gasteiger partial charge is 0.475 e. The van der Waals surface area contributed by atoms with Crippen LogP contribution in [0.4, 0.5) is 8.78 Å². The molecule has 0 saturated carbocycles. The van der Waals surface area contributed by atoms with Crippen LogP contribution in [0.5, 0.6) is 5.75 Å². The van der Waals surface area contributed by atoms with Crippen LogP contribution in [0.25, 0.3) is 0 Å². The predicted molar refractivity (Wildman–Crippen MR) is 109 cm³/mol. The summed E-state index contributed by atoms with van der Waals surface area (Å²) in [6.07, 6.45) is -4.42. The quantitative estimate of drug-likeness (QED) is 0.414. The molecule has 0 heterocycles. The van der Waals surface area contributed by atoms with E-state index in [0.29, 0.717) is 10.8 Å². The van der Waals surface area contributed by atoms with E-state index >= 15 is 8.78 Å². The Kier molecular flexibility index (Phi) is 8.79. The molecule has 0 aliphatic rings. The molecule has 0 amide bonds. The van der Waals surface area contributed by atoms with Crippen LogP contribution in [0.1, 0.15) is 37.2 Å². The molecule has 30 heavy (non-hydrogen) atoms. The van der Waals surface area contributed by atoms with E-state index in [1.807, 2.05) is 0 Å². The maximum absolute atomic E-state index is 15.5. The maximum atomic E-state index is 15.5. The minimum absolute atomic E-state index is 0.0587. The fraction of sp³-hybridized carbons (Fsp3) is 0.400. The lowest BCUT2D eigenvalue weighted by atomic mass is 9.95. The lowest BCUT2D eigenvalue weighted by Crippen LogP contribution is -2.35. The fourth-order valence-electron chi connectivity index (χ4n) is 2.69. The third-order valence-corrected chi connectivity index (χ3v) is 6.00. The highest BCUT2D eigenvalue weighted by Crippen LogP contribution is 2.57. The van der Waals surface area contributed by atoms with Gasteiger partial charge in [-0.25, -0.2) is 13.3 Å². The normalized spacial score (nSPS) is 14.4. The number of halogens is 3. The Morgan fingerprint density at radius 1 is 1.00 bits per heavy atom. The van der Waals surface area contributed by atoms with Gasteiger partial charge in [-0.15, -0.1) is 0 Å². The summed E-state index contributed by atoms with van der Waals surface area (Å²) in [5, 5.41) is 10.8. The van der Waals surface area contributed by atoms with Gasteiger partial charge < -0.3 is 9.84 Å². The molecule has 2 unspecified atom stereocenters. The molecule has 0 aromatic heterocycles. The molecule has 0 saturated heterocycles. The molecule has 0 bridgehead atoms. The molecular formula is C20H24ClF2O6P. The first kappa shape index (κ1) is 24.7. The molecule has 0 radical (unpaired) electrons. The summed E-state index contributed by atoms with van der Waals surface area (Å²) in [7, 11) is -2.90. The molecule has 2 rings (SSSR count). The van der Waals surface area contributed by atoms with E-state index < -0.39 is 26.0 Å². The monoisotopic (exact) mass is 464 g/mol. The zero-order valence-corrected chi connectivity index (χ0v) is 18.4. The third kappa shape index (κ3) is 6.00. The van der Waals surface area contributed by atoms with Crippen molar-refractivity contribution < 1.29 is 36.8 Å². The average molecular weight is 465 g/mol. The molecule has 6 nitrogen and oxygen atoms in total. The number of phosphoric acid groups is 1. The Hall–Kier alpha value is -1.54. The minimum atomic E-state index is -4.34. The van der Waals surface area contributed by atoms with Gasteiger partial charge in [0, 0.05) is 5.02 Å². The van der Waals surface area contributed by atoms with Gasteiger partial charge in [0.2, 0.25) is 0 Å². The van der Waals surface area contributed by atoms with Crippen LogP contribution in [0.2, 0.25) is 5.02 Å². The van der Waals surface area contributed by atoms with Gasteiger partial charge in [-0.3, -0.25) is 13.6 Å². The van der Waals surface area contributed by atoms with Crippen LogP contribution in [-0.4, -0.2) is 31.4 Å². The molecule has 2 aromatic carbocycles. The molecule has 10 heteroatoms. The van der Waals surface area contributed by atoms with Gasteiger partial charge in [0.25, 0.3) is 0 Å². The lowest BCUT2D eigenvalue weighted by molar-refractivity contribution is -0.179. The van der Waals surface area contributed by atoms with Crippen molar-refractivity contribution in [3.05, 3.63) is 64.7 Å². The fourth-order valence-corrected chi connectivity index (χ4v) is 4.16. The van der Waals surface area contributed by atoms with Crippen molar-refractivity contribution in [1.82, 2.24) is 0 Å². The van der Waals surface area contributed by atoms with E-state index in [9.17, 15) is 9.67 Å². The van der Waals surface area contributed by atoms with E-state index in [1.54, 1.807) is 0 Å². The largest absolute Gasteiger partial charge is 0.497 e. The molecule has 0 fully saturated rings. The zero-order chi connectivity index (χ0) is 22.4. The van der Waals surface area contributed by atoms with Gasteiger partial charge >= 0.3 is 13.7 Å². The van der Waals surface area contributed by atoms with Crippen LogP contribution >= 0.6 is 19.4 Å². The Morgan fingerprint density at radius 3 is 1.97 bits per heavy atom. The number of benzene rings is 2. The number of ether oxygens (including phenoxy) is 1. The molecule has 0 spiro atoms. The second kappa shape index (κ2) is 10.7. The molecule has 2 aromatic rings. The molecule has 0 aliphatic carbocycles. The van der Waals surface area contributed by atoms with Crippen LogP contribution in [0.3, 0.4) is 0 Å². The van der Waals surface area contributed by atoms with Gasteiger partial charge in [0.05, 0.1) is 20.3 Å². The number of aliphatic hydroxyl groups is 1. The summed E-state index contributed by atoms with van der Waals surface area (Å²) in [6.45, 7) is 2.88. The summed E-state index contributed by atoms with van der Waals surface area (Å²) in [5.74, 6) is -3.47. The van der Waals surface area contributed by atoms with E-state index in [2.05, 4.69) is 0 Å².